The van der Waals surface area contributed by atoms with Crippen LogP contribution in [0, 0.1) is 0 Å². The SMILES string of the molecule is FC(F)(F)Sc1cccc(C2COc3c(Br)cccc3N2)c1. The second-order valence-electron chi connectivity index (χ2n) is 4.74. The number of anilines is 1. The maximum Gasteiger partial charge on any atom is 0.446 e. The molecule has 0 fully saturated rings. The maximum atomic E-state index is 12.5. The summed E-state index contributed by atoms with van der Waals surface area (Å²) in [4.78, 5) is 0.173. The van der Waals surface area contributed by atoms with Crippen molar-refractivity contribution in [2.75, 3.05) is 11.9 Å². The molecule has 0 amide bonds. The van der Waals surface area contributed by atoms with Gasteiger partial charge in [0.1, 0.15) is 6.61 Å². The zero-order valence-corrected chi connectivity index (χ0v) is 13.6. The molecule has 22 heavy (non-hydrogen) atoms. The molecule has 0 bridgehead atoms. The van der Waals surface area contributed by atoms with Gasteiger partial charge in [-0.3, -0.25) is 0 Å². The standard InChI is InChI=1S/C15H11BrF3NOS/c16-11-5-2-6-12-14(11)21-8-13(20-12)9-3-1-4-10(7-9)22-15(17,18)19/h1-7,13,20H,8H2. The predicted octanol–water partition coefficient (Wildman–Crippen LogP) is 5.61. The molecule has 0 spiro atoms. The number of benzene rings is 2. The van der Waals surface area contributed by atoms with Crippen LogP contribution in [0.2, 0.25) is 0 Å². The minimum absolute atomic E-state index is 0.109. The van der Waals surface area contributed by atoms with E-state index in [1.807, 2.05) is 18.2 Å². The summed E-state index contributed by atoms with van der Waals surface area (Å²) < 4.78 is 44.0. The molecular weight excluding hydrogens is 379 g/mol. The Hall–Kier alpha value is -1.34. The van der Waals surface area contributed by atoms with Crippen LogP contribution >= 0.6 is 27.7 Å². The molecule has 116 valence electrons. The minimum atomic E-state index is -4.29. The summed E-state index contributed by atoms with van der Waals surface area (Å²) in [6, 6.07) is 11.9. The molecule has 1 N–H and O–H groups in total. The smallest absolute Gasteiger partial charge is 0.446 e. The molecule has 0 aliphatic carbocycles. The molecule has 1 heterocycles. The maximum absolute atomic E-state index is 12.5. The van der Waals surface area contributed by atoms with Gasteiger partial charge in [-0.05, 0) is 57.5 Å². The lowest BCUT2D eigenvalue weighted by Gasteiger charge is -2.28. The lowest BCUT2D eigenvalue weighted by Crippen LogP contribution is -2.24. The molecular formula is C15H11BrF3NOS. The Morgan fingerprint density at radius 3 is 2.73 bits per heavy atom. The monoisotopic (exact) mass is 389 g/mol. The average Bonchev–Trinajstić information content (AvgIpc) is 2.46. The highest BCUT2D eigenvalue weighted by molar-refractivity contribution is 9.10. The van der Waals surface area contributed by atoms with E-state index in [4.69, 9.17) is 4.74 Å². The van der Waals surface area contributed by atoms with E-state index in [0.29, 0.717) is 6.61 Å². The largest absolute Gasteiger partial charge is 0.488 e. The van der Waals surface area contributed by atoms with Gasteiger partial charge in [0, 0.05) is 4.90 Å². The van der Waals surface area contributed by atoms with Gasteiger partial charge in [0.2, 0.25) is 0 Å². The molecule has 0 radical (unpaired) electrons. The number of ether oxygens (including phenoxy) is 1. The summed E-state index contributed by atoms with van der Waals surface area (Å²) in [5, 5.41) is 3.30. The Morgan fingerprint density at radius 2 is 1.95 bits per heavy atom. The van der Waals surface area contributed by atoms with Crippen molar-refractivity contribution >= 4 is 33.4 Å². The summed E-state index contributed by atoms with van der Waals surface area (Å²) in [5.74, 6) is 0.722. The van der Waals surface area contributed by atoms with Gasteiger partial charge in [-0.1, -0.05) is 18.2 Å². The summed E-state index contributed by atoms with van der Waals surface area (Å²) in [6.45, 7) is 0.357. The number of hydrogen-bond donors (Lipinski definition) is 1. The van der Waals surface area contributed by atoms with Gasteiger partial charge in [0.15, 0.2) is 5.75 Å². The van der Waals surface area contributed by atoms with Crippen LogP contribution in [0.4, 0.5) is 18.9 Å². The van der Waals surface area contributed by atoms with Crippen LogP contribution in [0.1, 0.15) is 11.6 Å². The van der Waals surface area contributed by atoms with Crippen molar-refractivity contribution in [1.82, 2.24) is 0 Å². The fourth-order valence-corrected chi connectivity index (χ4v) is 3.36. The van der Waals surface area contributed by atoms with Gasteiger partial charge >= 0.3 is 5.51 Å². The summed E-state index contributed by atoms with van der Waals surface area (Å²) in [5.41, 5.74) is -2.70. The molecule has 2 nitrogen and oxygen atoms in total. The molecule has 3 rings (SSSR count). The lowest BCUT2D eigenvalue weighted by atomic mass is 10.1. The number of nitrogens with one attached hydrogen (secondary N) is 1. The van der Waals surface area contributed by atoms with Gasteiger partial charge in [-0.25, -0.2) is 0 Å². The fourth-order valence-electron chi connectivity index (χ4n) is 2.27. The fraction of sp³-hybridized carbons (Fsp3) is 0.200. The van der Waals surface area contributed by atoms with E-state index in [-0.39, 0.29) is 22.7 Å². The topological polar surface area (TPSA) is 21.3 Å². The predicted molar refractivity (Wildman–Crippen MR) is 84.4 cm³/mol. The molecule has 2 aromatic carbocycles. The third-order valence-electron chi connectivity index (χ3n) is 3.19. The first-order valence-corrected chi connectivity index (χ1v) is 8.07. The van der Waals surface area contributed by atoms with Crippen LogP contribution in [-0.4, -0.2) is 12.1 Å². The lowest BCUT2D eigenvalue weighted by molar-refractivity contribution is -0.0328. The molecule has 1 atom stereocenters. The summed E-state index contributed by atoms with van der Waals surface area (Å²) in [6.07, 6.45) is 0. The first-order chi connectivity index (χ1) is 10.4. The quantitative estimate of drug-likeness (QED) is 0.674. The highest BCUT2D eigenvalue weighted by Crippen LogP contribution is 2.41. The minimum Gasteiger partial charge on any atom is -0.488 e. The van der Waals surface area contributed by atoms with E-state index >= 15 is 0 Å². The van der Waals surface area contributed by atoms with Crippen LogP contribution in [0.5, 0.6) is 5.75 Å². The molecule has 0 saturated heterocycles. The molecule has 0 saturated carbocycles. The highest BCUT2D eigenvalue weighted by Gasteiger charge is 2.30. The Kier molecular flexibility index (Phi) is 4.27. The Morgan fingerprint density at radius 1 is 1.18 bits per heavy atom. The van der Waals surface area contributed by atoms with Crippen molar-refractivity contribution in [3.8, 4) is 5.75 Å². The van der Waals surface area contributed by atoms with Crippen LogP contribution in [0.15, 0.2) is 51.8 Å². The molecule has 1 unspecified atom stereocenters. The van der Waals surface area contributed by atoms with Gasteiger partial charge in [-0.15, -0.1) is 0 Å². The van der Waals surface area contributed by atoms with Crippen LogP contribution < -0.4 is 10.1 Å². The number of halogens is 4. The highest BCUT2D eigenvalue weighted by atomic mass is 79.9. The van der Waals surface area contributed by atoms with E-state index in [2.05, 4.69) is 21.2 Å². The van der Waals surface area contributed by atoms with Crippen molar-refractivity contribution in [3.63, 3.8) is 0 Å². The van der Waals surface area contributed by atoms with Gasteiger partial charge in [0.25, 0.3) is 0 Å². The van der Waals surface area contributed by atoms with Gasteiger partial charge < -0.3 is 10.1 Å². The van der Waals surface area contributed by atoms with Gasteiger partial charge in [-0.2, -0.15) is 13.2 Å². The third kappa shape index (κ3) is 3.52. The van der Waals surface area contributed by atoms with Crippen LogP contribution in [-0.2, 0) is 0 Å². The second-order valence-corrected chi connectivity index (χ2v) is 6.74. The second kappa shape index (κ2) is 6.04. The first-order valence-electron chi connectivity index (χ1n) is 6.46. The van der Waals surface area contributed by atoms with Crippen molar-refractivity contribution in [2.45, 2.75) is 16.4 Å². The number of rotatable bonds is 2. The van der Waals surface area contributed by atoms with Crippen molar-refractivity contribution in [3.05, 3.63) is 52.5 Å². The normalized spacial score (nSPS) is 17.4. The van der Waals surface area contributed by atoms with E-state index in [0.717, 1.165) is 21.5 Å². The van der Waals surface area contributed by atoms with Gasteiger partial charge in [0.05, 0.1) is 16.2 Å². The zero-order chi connectivity index (χ0) is 15.7. The van der Waals surface area contributed by atoms with E-state index in [9.17, 15) is 13.2 Å². The molecule has 7 heteroatoms. The molecule has 2 aromatic rings. The van der Waals surface area contributed by atoms with Crippen molar-refractivity contribution < 1.29 is 17.9 Å². The number of hydrogen-bond acceptors (Lipinski definition) is 3. The molecule has 0 aromatic heterocycles. The van der Waals surface area contributed by atoms with E-state index < -0.39 is 5.51 Å². The van der Waals surface area contributed by atoms with Crippen molar-refractivity contribution in [1.29, 1.82) is 0 Å². The third-order valence-corrected chi connectivity index (χ3v) is 4.53. The Balaban J connectivity index is 1.83. The first kappa shape index (κ1) is 15.6. The summed E-state index contributed by atoms with van der Waals surface area (Å²) in [7, 11) is 0. The summed E-state index contributed by atoms with van der Waals surface area (Å²) >= 11 is 3.30. The van der Waals surface area contributed by atoms with E-state index in [1.165, 1.54) is 6.07 Å². The number of para-hydroxylation sites is 1. The molecule has 1 aliphatic heterocycles. The Bertz CT molecular complexity index is 693. The number of thioether (sulfide) groups is 1. The van der Waals surface area contributed by atoms with Crippen molar-refractivity contribution in [2.24, 2.45) is 0 Å². The van der Waals surface area contributed by atoms with E-state index in [1.54, 1.807) is 18.2 Å². The molecule has 1 aliphatic rings. The number of fused-ring (bicyclic) bond motifs is 1. The zero-order valence-electron chi connectivity index (χ0n) is 11.2. The average molecular weight is 390 g/mol. The van der Waals surface area contributed by atoms with Crippen LogP contribution in [0.3, 0.4) is 0 Å². The Labute approximate surface area is 138 Å². The van der Waals surface area contributed by atoms with Crippen LogP contribution in [0.25, 0.3) is 0 Å². The number of alkyl halides is 3.